The van der Waals surface area contributed by atoms with Crippen LogP contribution < -0.4 is 0 Å². The minimum atomic E-state index is -0.260. The maximum Gasteiger partial charge on any atom is 0.167 e. The zero-order valence-electron chi connectivity index (χ0n) is 10.6. The molecule has 18 heavy (non-hydrogen) atoms. The molecule has 0 aliphatic heterocycles. The van der Waals surface area contributed by atoms with Crippen LogP contribution in [-0.2, 0) is 9.59 Å². The van der Waals surface area contributed by atoms with E-state index in [-0.39, 0.29) is 28.3 Å². The Morgan fingerprint density at radius 2 is 1.67 bits per heavy atom. The van der Waals surface area contributed by atoms with Gasteiger partial charge in [0.05, 0.1) is 5.57 Å². The predicted molar refractivity (Wildman–Crippen MR) is 69.1 cm³/mol. The number of benzene rings is 1. The number of carbonyl (C=O) groups excluding carboxylic acids is 2. The van der Waals surface area contributed by atoms with Gasteiger partial charge in [0, 0.05) is 18.4 Å². The molecule has 1 aromatic carbocycles. The number of hydrogen-bond acceptors (Lipinski definition) is 3. The van der Waals surface area contributed by atoms with Crippen LogP contribution in [0.25, 0.3) is 6.08 Å². The summed E-state index contributed by atoms with van der Waals surface area (Å²) in [6, 6.07) is 6.68. The highest BCUT2D eigenvalue weighted by molar-refractivity contribution is 6.25. The quantitative estimate of drug-likeness (QED) is 0.610. The molecule has 2 rings (SSSR count). The molecule has 1 aliphatic carbocycles. The van der Waals surface area contributed by atoms with E-state index < -0.39 is 0 Å². The molecule has 3 heteroatoms. The molecule has 0 bridgehead atoms. The Labute approximate surface area is 106 Å². The summed E-state index contributed by atoms with van der Waals surface area (Å²) in [6.45, 7) is 3.83. The number of para-hydroxylation sites is 1. The van der Waals surface area contributed by atoms with Crippen molar-refractivity contribution in [3.05, 3.63) is 35.4 Å². The number of Topliss-reactive ketones (excluding diaryl/α,β-unsaturated/α-hetero) is 2. The van der Waals surface area contributed by atoms with Crippen LogP contribution in [-0.4, -0.2) is 16.7 Å². The molecule has 1 aromatic rings. The smallest absolute Gasteiger partial charge is 0.167 e. The molecule has 0 saturated heterocycles. The van der Waals surface area contributed by atoms with Crippen molar-refractivity contribution in [2.45, 2.75) is 26.7 Å². The summed E-state index contributed by atoms with van der Waals surface area (Å²) >= 11 is 0. The second-order valence-corrected chi connectivity index (χ2v) is 5.48. The lowest BCUT2D eigenvalue weighted by atomic mass is 9.74. The summed E-state index contributed by atoms with van der Waals surface area (Å²) in [4.78, 5) is 23.9. The van der Waals surface area contributed by atoms with Crippen molar-refractivity contribution in [1.82, 2.24) is 0 Å². The van der Waals surface area contributed by atoms with Gasteiger partial charge in [-0.1, -0.05) is 32.0 Å². The number of rotatable bonds is 1. The van der Waals surface area contributed by atoms with Crippen LogP contribution in [0.1, 0.15) is 32.3 Å². The Bertz CT molecular complexity index is 516. The fourth-order valence-corrected chi connectivity index (χ4v) is 2.20. The molecule has 1 fully saturated rings. The molecule has 0 radical (unpaired) electrons. The Hall–Kier alpha value is -1.90. The van der Waals surface area contributed by atoms with Gasteiger partial charge in [-0.25, -0.2) is 0 Å². The number of allylic oxidation sites excluding steroid dienone is 1. The Morgan fingerprint density at radius 1 is 1.11 bits per heavy atom. The first-order chi connectivity index (χ1) is 8.39. The second-order valence-electron chi connectivity index (χ2n) is 5.48. The molecule has 3 nitrogen and oxygen atoms in total. The topological polar surface area (TPSA) is 54.4 Å². The lowest BCUT2D eigenvalue weighted by molar-refractivity contribution is -0.127. The molecule has 0 unspecified atom stereocenters. The van der Waals surface area contributed by atoms with Gasteiger partial charge in [-0.15, -0.1) is 0 Å². The maximum absolute atomic E-state index is 12.0. The van der Waals surface area contributed by atoms with E-state index in [0.29, 0.717) is 18.4 Å². The zero-order chi connectivity index (χ0) is 13.3. The van der Waals surface area contributed by atoms with Crippen LogP contribution in [0.3, 0.4) is 0 Å². The highest BCUT2D eigenvalue weighted by Crippen LogP contribution is 2.34. The van der Waals surface area contributed by atoms with Crippen molar-refractivity contribution >= 4 is 17.6 Å². The molecule has 1 N–H and O–H groups in total. The first kappa shape index (κ1) is 12.6. The van der Waals surface area contributed by atoms with E-state index >= 15 is 0 Å². The molecule has 94 valence electrons. The first-order valence-electron chi connectivity index (χ1n) is 5.95. The highest BCUT2D eigenvalue weighted by atomic mass is 16.3. The van der Waals surface area contributed by atoms with E-state index in [1.807, 2.05) is 13.8 Å². The predicted octanol–water partition coefficient (Wildman–Crippen LogP) is 2.73. The second kappa shape index (κ2) is 4.41. The van der Waals surface area contributed by atoms with Gasteiger partial charge in [-0.05, 0) is 17.6 Å². The number of carbonyl (C=O) groups is 2. The summed E-state index contributed by atoms with van der Waals surface area (Å²) in [5.41, 5.74) is 0.453. The van der Waals surface area contributed by atoms with Crippen LogP contribution in [0.4, 0.5) is 0 Å². The molecule has 1 saturated carbocycles. The van der Waals surface area contributed by atoms with Crippen LogP contribution >= 0.6 is 0 Å². The monoisotopic (exact) mass is 244 g/mol. The number of hydrogen-bond donors (Lipinski definition) is 1. The van der Waals surface area contributed by atoms with Gasteiger partial charge in [0.2, 0.25) is 0 Å². The number of ketones is 2. The van der Waals surface area contributed by atoms with Crippen LogP contribution in [0, 0.1) is 5.41 Å². The Morgan fingerprint density at radius 3 is 2.22 bits per heavy atom. The largest absolute Gasteiger partial charge is 0.507 e. The minimum absolute atomic E-state index is 0.0791. The van der Waals surface area contributed by atoms with Gasteiger partial charge < -0.3 is 5.11 Å². The summed E-state index contributed by atoms with van der Waals surface area (Å²) in [6.07, 6.45) is 2.24. The van der Waals surface area contributed by atoms with E-state index in [1.54, 1.807) is 18.2 Å². The third kappa shape index (κ3) is 2.50. The van der Waals surface area contributed by atoms with Crippen molar-refractivity contribution < 1.29 is 14.7 Å². The zero-order valence-corrected chi connectivity index (χ0v) is 10.6. The average molecular weight is 244 g/mol. The number of phenols is 1. The lowest BCUT2D eigenvalue weighted by Gasteiger charge is -2.28. The van der Waals surface area contributed by atoms with Crippen molar-refractivity contribution in [3.8, 4) is 5.75 Å². The summed E-state index contributed by atoms with van der Waals surface area (Å²) in [5, 5.41) is 9.65. The molecule has 0 heterocycles. The summed E-state index contributed by atoms with van der Waals surface area (Å²) < 4.78 is 0. The molecule has 0 atom stereocenters. The standard InChI is InChI=1S/C15H16O3/c1-15(2)8-13(17)11(14(18)9-15)7-10-5-3-4-6-12(10)16/h3-7,16H,8-9H2,1-2H3. The van der Waals surface area contributed by atoms with Crippen molar-refractivity contribution in [2.24, 2.45) is 5.41 Å². The SMILES string of the molecule is CC1(C)CC(=O)C(=Cc2ccccc2O)C(=O)C1. The third-order valence-electron chi connectivity index (χ3n) is 3.12. The molecule has 0 amide bonds. The normalized spacial score (nSPS) is 18.9. The molecule has 0 spiro atoms. The van der Waals surface area contributed by atoms with Gasteiger partial charge in [0.15, 0.2) is 11.6 Å². The van der Waals surface area contributed by atoms with Crippen LogP contribution in [0.15, 0.2) is 29.8 Å². The van der Waals surface area contributed by atoms with Crippen molar-refractivity contribution in [1.29, 1.82) is 0 Å². The van der Waals surface area contributed by atoms with Gasteiger partial charge in [-0.3, -0.25) is 9.59 Å². The van der Waals surface area contributed by atoms with Gasteiger partial charge in [0.1, 0.15) is 5.75 Å². The van der Waals surface area contributed by atoms with E-state index in [4.69, 9.17) is 0 Å². The lowest BCUT2D eigenvalue weighted by Crippen LogP contribution is -2.31. The molecule has 0 aromatic heterocycles. The van der Waals surface area contributed by atoms with E-state index in [2.05, 4.69) is 0 Å². The fourth-order valence-electron chi connectivity index (χ4n) is 2.20. The van der Waals surface area contributed by atoms with E-state index in [9.17, 15) is 14.7 Å². The van der Waals surface area contributed by atoms with Crippen molar-refractivity contribution in [2.75, 3.05) is 0 Å². The van der Waals surface area contributed by atoms with Gasteiger partial charge >= 0.3 is 0 Å². The van der Waals surface area contributed by atoms with Gasteiger partial charge in [0.25, 0.3) is 0 Å². The van der Waals surface area contributed by atoms with E-state index in [1.165, 1.54) is 12.1 Å². The first-order valence-corrected chi connectivity index (χ1v) is 5.95. The summed E-state index contributed by atoms with van der Waals surface area (Å²) in [5.74, 6) is -0.200. The molecular formula is C15H16O3. The summed E-state index contributed by atoms with van der Waals surface area (Å²) in [7, 11) is 0. The Balaban J connectivity index is 2.37. The molecular weight excluding hydrogens is 228 g/mol. The highest BCUT2D eigenvalue weighted by Gasteiger charge is 2.35. The van der Waals surface area contributed by atoms with E-state index in [0.717, 1.165) is 0 Å². The van der Waals surface area contributed by atoms with Crippen LogP contribution in [0.2, 0.25) is 0 Å². The maximum atomic E-state index is 12.0. The number of aromatic hydroxyl groups is 1. The minimum Gasteiger partial charge on any atom is -0.507 e. The fraction of sp³-hybridized carbons (Fsp3) is 0.333. The average Bonchev–Trinajstić information content (AvgIpc) is 2.24. The Kier molecular flexibility index (Phi) is 3.07. The van der Waals surface area contributed by atoms with Gasteiger partial charge in [-0.2, -0.15) is 0 Å². The molecule has 1 aliphatic rings. The van der Waals surface area contributed by atoms with Crippen molar-refractivity contribution in [3.63, 3.8) is 0 Å². The van der Waals surface area contributed by atoms with Crippen LogP contribution in [0.5, 0.6) is 5.75 Å². The number of phenolic OH excluding ortho intramolecular Hbond substituents is 1. The third-order valence-corrected chi connectivity index (χ3v) is 3.12.